The third-order valence-electron chi connectivity index (χ3n) is 4.49. The van der Waals surface area contributed by atoms with Gasteiger partial charge in [-0.25, -0.2) is 0 Å². The van der Waals surface area contributed by atoms with Crippen molar-refractivity contribution in [1.82, 2.24) is 15.1 Å². The van der Waals surface area contributed by atoms with Crippen LogP contribution in [-0.4, -0.2) is 60.9 Å². The highest BCUT2D eigenvalue weighted by Crippen LogP contribution is 2.28. The number of piperidine rings is 1. The Morgan fingerprint density at radius 3 is 2.14 bits per heavy atom. The Morgan fingerprint density at radius 1 is 1.10 bits per heavy atom. The van der Waals surface area contributed by atoms with E-state index in [0.717, 1.165) is 25.9 Å². The lowest BCUT2D eigenvalue weighted by molar-refractivity contribution is -0.148. The minimum Gasteiger partial charge on any atom is -0.339 e. The molecule has 1 N–H and O–H groups in total. The summed E-state index contributed by atoms with van der Waals surface area (Å²) >= 11 is 0. The number of halogens is 1. The molecule has 2 aliphatic rings. The van der Waals surface area contributed by atoms with Crippen LogP contribution >= 0.6 is 12.4 Å². The highest BCUT2D eigenvalue weighted by Gasteiger charge is 2.39. The Balaban J connectivity index is 0.00000220. The number of nitrogens with one attached hydrogen (secondary N) is 1. The molecular formula is C15H28ClN3O2. The highest BCUT2D eigenvalue weighted by atomic mass is 35.5. The van der Waals surface area contributed by atoms with E-state index in [-0.39, 0.29) is 35.6 Å². The number of carbonyl (C=O) groups is 2. The molecule has 0 aliphatic carbocycles. The monoisotopic (exact) mass is 317 g/mol. The van der Waals surface area contributed by atoms with Crippen LogP contribution in [-0.2, 0) is 9.59 Å². The Hall–Kier alpha value is -0.810. The first-order chi connectivity index (χ1) is 9.44. The summed E-state index contributed by atoms with van der Waals surface area (Å²) in [5.74, 6) is 0.487. The molecule has 0 aromatic heterocycles. The summed E-state index contributed by atoms with van der Waals surface area (Å²) < 4.78 is 0. The molecule has 2 saturated heterocycles. The van der Waals surface area contributed by atoms with Crippen molar-refractivity contribution in [2.24, 2.45) is 11.3 Å². The van der Waals surface area contributed by atoms with E-state index in [1.807, 2.05) is 23.6 Å². The number of hydrogen-bond acceptors (Lipinski definition) is 3. The number of piperazine rings is 1. The van der Waals surface area contributed by atoms with Crippen molar-refractivity contribution in [1.29, 1.82) is 0 Å². The normalized spacial score (nSPS) is 26.5. The number of amides is 2. The van der Waals surface area contributed by atoms with E-state index >= 15 is 0 Å². The van der Waals surface area contributed by atoms with Crippen molar-refractivity contribution in [3.05, 3.63) is 0 Å². The van der Waals surface area contributed by atoms with Gasteiger partial charge in [0.25, 0.3) is 0 Å². The van der Waals surface area contributed by atoms with Crippen molar-refractivity contribution in [3.8, 4) is 0 Å². The lowest BCUT2D eigenvalue weighted by Crippen LogP contribution is -2.57. The lowest BCUT2D eigenvalue weighted by Gasteiger charge is -2.41. The van der Waals surface area contributed by atoms with Gasteiger partial charge < -0.3 is 15.1 Å². The van der Waals surface area contributed by atoms with E-state index in [2.05, 4.69) is 12.2 Å². The number of rotatable bonds is 2. The Kier molecular flexibility index (Phi) is 6.47. The summed E-state index contributed by atoms with van der Waals surface area (Å²) in [5, 5.41) is 3.33. The summed E-state index contributed by atoms with van der Waals surface area (Å²) in [6.45, 7) is 10.4. The first-order valence-corrected chi connectivity index (χ1v) is 7.73. The van der Waals surface area contributed by atoms with E-state index in [1.165, 1.54) is 0 Å². The Bertz CT molecular complexity index is 373. The van der Waals surface area contributed by atoms with Crippen LogP contribution in [0.5, 0.6) is 0 Å². The van der Waals surface area contributed by atoms with Gasteiger partial charge in [0, 0.05) is 38.6 Å². The minimum absolute atomic E-state index is 0. The van der Waals surface area contributed by atoms with Gasteiger partial charge in [-0.1, -0.05) is 13.8 Å². The second-order valence-corrected chi connectivity index (χ2v) is 6.61. The van der Waals surface area contributed by atoms with Crippen LogP contribution in [0.15, 0.2) is 0 Å². The zero-order valence-corrected chi connectivity index (χ0v) is 14.2. The summed E-state index contributed by atoms with van der Waals surface area (Å²) in [6, 6.07) is 0. The molecule has 2 fully saturated rings. The molecule has 0 saturated carbocycles. The zero-order valence-electron chi connectivity index (χ0n) is 13.4. The van der Waals surface area contributed by atoms with Gasteiger partial charge in [-0.15, -0.1) is 12.4 Å². The third-order valence-corrected chi connectivity index (χ3v) is 4.49. The molecule has 6 heteroatoms. The van der Waals surface area contributed by atoms with Gasteiger partial charge in [0.15, 0.2) is 0 Å². The summed E-state index contributed by atoms with van der Waals surface area (Å²) in [4.78, 5) is 28.4. The Labute approximate surface area is 133 Å². The van der Waals surface area contributed by atoms with Crippen molar-refractivity contribution in [2.75, 3.05) is 39.3 Å². The molecule has 0 bridgehead atoms. The van der Waals surface area contributed by atoms with Gasteiger partial charge in [0.05, 0.1) is 5.41 Å². The van der Waals surface area contributed by atoms with Crippen molar-refractivity contribution in [3.63, 3.8) is 0 Å². The third kappa shape index (κ3) is 4.10. The quantitative estimate of drug-likeness (QED) is 0.830. The topological polar surface area (TPSA) is 52.7 Å². The van der Waals surface area contributed by atoms with E-state index in [4.69, 9.17) is 0 Å². The number of hydrogen-bond donors (Lipinski definition) is 1. The average molecular weight is 318 g/mol. The molecule has 1 atom stereocenters. The van der Waals surface area contributed by atoms with Crippen LogP contribution < -0.4 is 5.32 Å². The molecule has 2 rings (SSSR count). The first-order valence-electron chi connectivity index (χ1n) is 7.73. The van der Waals surface area contributed by atoms with E-state index in [9.17, 15) is 9.59 Å². The van der Waals surface area contributed by atoms with Crippen molar-refractivity contribution in [2.45, 2.75) is 33.6 Å². The van der Waals surface area contributed by atoms with Crippen LogP contribution in [0.1, 0.15) is 33.6 Å². The summed E-state index contributed by atoms with van der Waals surface area (Å²) in [6.07, 6.45) is 2.03. The molecule has 2 amide bonds. The molecule has 0 aromatic rings. The van der Waals surface area contributed by atoms with Gasteiger partial charge >= 0.3 is 0 Å². The first kappa shape index (κ1) is 18.2. The van der Waals surface area contributed by atoms with E-state index in [1.54, 1.807) is 0 Å². The summed E-state index contributed by atoms with van der Waals surface area (Å²) in [7, 11) is 0. The van der Waals surface area contributed by atoms with E-state index < -0.39 is 0 Å². The number of nitrogens with zero attached hydrogens (tertiary/aromatic N) is 2. The molecule has 5 nitrogen and oxygen atoms in total. The molecule has 0 aromatic carbocycles. The van der Waals surface area contributed by atoms with Crippen LogP contribution in [0, 0.1) is 11.3 Å². The van der Waals surface area contributed by atoms with Crippen LogP contribution in [0.3, 0.4) is 0 Å². The molecule has 0 radical (unpaired) electrons. The standard InChI is InChI=1S/C15H27N3O2.ClH/c1-12(2)13(19)17-7-9-18(10-8-17)14(20)15(3)5-4-6-16-11-15;/h12,16H,4-11H2,1-3H3;1H. The molecule has 2 aliphatic heterocycles. The molecule has 1 unspecified atom stereocenters. The fourth-order valence-electron chi connectivity index (χ4n) is 3.12. The molecule has 2 heterocycles. The highest BCUT2D eigenvalue weighted by molar-refractivity contribution is 5.85. The van der Waals surface area contributed by atoms with Crippen LogP contribution in [0.2, 0.25) is 0 Å². The predicted molar refractivity (Wildman–Crippen MR) is 85.5 cm³/mol. The zero-order chi connectivity index (χ0) is 14.8. The predicted octanol–water partition coefficient (Wildman–Crippen LogP) is 1.12. The van der Waals surface area contributed by atoms with Crippen molar-refractivity contribution >= 4 is 24.2 Å². The van der Waals surface area contributed by atoms with Gasteiger partial charge in [0.2, 0.25) is 11.8 Å². The fourth-order valence-corrected chi connectivity index (χ4v) is 3.12. The fraction of sp³-hybridized carbons (Fsp3) is 0.867. The Morgan fingerprint density at radius 2 is 1.67 bits per heavy atom. The molecule has 21 heavy (non-hydrogen) atoms. The average Bonchev–Trinajstić information content (AvgIpc) is 2.46. The smallest absolute Gasteiger partial charge is 0.229 e. The maximum absolute atomic E-state index is 12.7. The second kappa shape index (κ2) is 7.45. The van der Waals surface area contributed by atoms with Crippen molar-refractivity contribution < 1.29 is 9.59 Å². The van der Waals surface area contributed by atoms with Gasteiger partial charge in [-0.2, -0.15) is 0 Å². The lowest BCUT2D eigenvalue weighted by atomic mass is 9.81. The molecule has 122 valence electrons. The maximum atomic E-state index is 12.7. The van der Waals surface area contributed by atoms with Gasteiger partial charge in [-0.3, -0.25) is 9.59 Å². The minimum atomic E-state index is -0.261. The SMILES string of the molecule is CC(C)C(=O)N1CCN(C(=O)C2(C)CCCNC2)CC1.Cl. The number of carbonyl (C=O) groups excluding carboxylic acids is 2. The van der Waals surface area contributed by atoms with Crippen LogP contribution in [0.4, 0.5) is 0 Å². The van der Waals surface area contributed by atoms with Gasteiger partial charge in [-0.05, 0) is 26.3 Å². The second-order valence-electron chi connectivity index (χ2n) is 6.61. The van der Waals surface area contributed by atoms with Crippen LogP contribution in [0.25, 0.3) is 0 Å². The largest absolute Gasteiger partial charge is 0.339 e. The van der Waals surface area contributed by atoms with E-state index in [0.29, 0.717) is 26.2 Å². The summed E-state index contributed by atoms with van der Waals surface area (Å²) in [5.41, 5.74) is -0.261. The molecule has 0 spiro atoms. The van der Waals surface area contributed by atoms with Gasteiger partial charge in [0.1, 0.15) is 0 Å². The molecular weight excluding hydrogens is 290 g/mol. The maximum Gasteiger partial charge on any atom is 0.229 e.